The summed E-state index contributed by atoms with van der Waals surface area (Å²) in [5, 5.41) is 12.2. The zero-order valence-electron chi connectivity index (χ0n) is 12.8. The molecule has 1 aliphatic heterocycles. The third kappa shape index (κ3) is 3.63. The van der Waals surface area contributed by atoms with Gasteiger partial charge < -0.3 is 5.73 Å². The minimum absolute atomic E-state index is 0. The molecule has 120 valence electrons. The van der Waals surface area contributed by atoms with Crippen molar-refractivity contribution in [1.29, 1.82) is 0 Å². The van der Waals surface area contributed by atoms with Gasteiger partial charge in [-0.2, -0.15) is 4.68 Å². The molecule has 3 rings (SSSR count). The van der Waals surface area contributed by atoms with Gasteiger partial charge in [-0.05, 0) is 48.9 Å². The molecule has 1 fully saturated rings. The van der Waals surface area contributed by atoms with E-state index in [2.05, 4.69) is 27.3 Å². The molecule has 1 aliphatic rings. The van der Waals surface area contributed by atoms with Crippen LogP contribution in [0.4, 0.5) is 0 Å². The molecule has 1 aromatic heterocycles. The van der Waals surface area contributed by atoms with Gasteiger partial charge in [0.25, 0.3) is 0 Å². The van der Waals surface area contributed by atoms with Crippen molar-refractivity contribution in [3.05, 3.63) is 36.2 Å². The van der Waals surface area contributed by atoms with Crippen molar-refractivity contribution >= 4 is 12.4 Å². The number of tetrazole rings is 1. The van der Waals surface area contributed by atoms with Crippen molar-refractivity contribution in [2.75, 3.05) is 6.54 Å². The van der Waals surface area contributed by atoms with Crippen LogP contribution in [0.25, 0.3) is 5.69 Å². The first-order chi connectivity index (χ1) is 10.3. The SMILES string of the molecule is CC(N)C1CCCCN1Cc1nnnn1-c1ccccc1.Cl. The summed E-state index contributed by atoms with van der Waals surface area (Å²) in [6.45, 7) is 3.89. The van der Waals surface area contributed by atoms with E-state index in [0.29, 0.717) is 6.04 Å². The highest BCUT2D eigenvalue weighted by atomic mass is 35.5. The van der Waals surface area contributed by atoms with E-state index in [0.717, 1.165) is 31.0 Å². The van der Waals surface area contributed by atoms with Gasteiger partial charge in [0, 0.05) is 12.1 Å². The second-order valence-electron chi connectivity index (χ2n) is 5.74. The largest absolute Gasteiger partial charge is 0.327 e. The lowest BCUT2D eigenvalue weighted by Gasteiger charge is -2.37. The average molecular weight is 323 g/mol. The van der Waals surface area contributed by atoms with Crippen LogP contribution < -0.4 is 5.73 Å². The van der Waals surface area contributed by atoms with Crippen LogP contribution >= 0.6 is 12.4 Å². The Kier molecular flexibility index (Phi) is 5.88. The number of hydrogen-bond donors (Lipinski definition) is 1. The van der Waals surface area contributed by atoms with Crippen molar-refractivity contribution in [2.24, 2.45) is 5.73 Å². The van der Waals surface area contributed by atoms with Crippen LogP contribution in [-0.4, -0.2) is 43.7 Å². The molecule has 0 saturated carbocycles. The van der Waals surface area contributed by atoms with Crippen LogP contribution in [0.2, 0.25) is 0 Å². The molecular formula is C15H23ClN6. The van der Waals surface area contributed by atoms with E-state index < -0.39 is 0 Å². The fourth-order valence-electron chi connectivity index (χ4n) is 3.06. The minimum Gasteiger partial charge on any atom is -0.327 e. The molecule has 6 nitrogen and oxygen atoms in total. The van der Waals surface area contributed by atoms with E-state index in [4.69, 9.17) is 5.73 Å². The van der Waals surface area contributed by atoms with E-state index in [1.54, 1.807) is 0 Å². The topological polar surface area (TPSA) is 72.9 Å². The van der Waals surface area contributed by atoms with Crippen LogP contribution in [0.3, 0.4) is 0 Å². The van der Waals surface area contributed by atoms with Crippen molar-refractivity contribution in [3.63, 3.8) is 0 Å². The molecule has 0 spiro atoms. The zero-order chi connectivity index (χ0) is 14.7. The normalized spacial score (nSPS) is 20.4. The molecule has 2 aromatic rings. The number of aromatic nitrogens is 4. The quantitative estimate of drug-likeness (QED) is 0.929. The molecule has 7 heteroatoms. The fraction of sp³-hybridized carbons (Fsp3) is 0.533. The van der Waals surface area contributed by atoms with Gasteiger partial charge in [-0.15, -0.1) is 17.5 Å². The summed E-state index contributed by atoms with van der Waals surface area (Å²) < 4.78 is 1.81. The average Bonchev–Trinajstić information content (AvgIpc) is 2.96. The second kappa shape index (κ2) is 7.67. The molecule has 2 atom stereocenters. The van der Waals surface area contributed by atoms with Gasteiger partial charge in [0.1, 0.15) is 0 Å². The Labute approximate surface area is 137 Å². The molecule has 2 N–H and O–H groups in total. The number of nitrogens with zero attached hydrogens (tertiary/aromatic N) is 5. The Morgan fingerprint density at radius 1 is 1.27 bits per heavy atom. The van der Waals surface area contributed by atoms with Crippen LogP contribution in [0.15, 0.2) is 30.3 Å². The van der Waals surface area contributed by atoms with Crippen molar-refractivity contribution in [3.8, 4) is 5.69 Å². The van der Waals surface area contributed by atoms with Gasteiger partial charge in [0.05, 0.1) is 12.2 Å². The Morgan fingerprint density at radius 2 is 2.05 bits per heavy atom. The van der Waals surface area contributed by atoms with Crippen molar-refractivity contribution in [1.82, 2.24) is 25.1 Å². The predicted octanol–water partition coefficient (Wildman–Crippen LogP) is 1.79. The Balaban J connectivity index is 0.00000176. The molecule has 22 heavy (non-hydrogen) atoms. The number of halogens is 1. The number of piperidine rings is 1. The lowest BCUT2D eigenvalue weighted by molar-refractivity contribution is 0.119. The maximum atomic E-state index is 6.14. The van der Waals surface area contributed by atoms with Gasteiger partial charge in [-0.25, -0.2) is 0 Å². The maximum absolute atomic E-state index is 6.14. The van der Waals surface area contributed by atoms with E-state index in [1.807, 2.05) is 35.0 Å². The molecular weight excluding hydrogens is 300 g/mol. The smallest absolute Gasteiger partial charge is 0.170 e. The monoisotopic (exact) mass is 322 g/mol. The van der Waals surface area contributed by atoms with Crippen LogP contribution in [0.1, 0.15) is 32.0 Å². The Morgan fingerprint density at radius 3 is 2.77 bits per heavy atom. The Bertz CT molecular complexity index is 570. The van der Waals surface area contributed by atoms with E-state index in [1.165, 1.54) is 12.8 Å². The van der Waals surface area contributed by atoms with Gasteiger partial charge >= 0.3 is 0 Å². The second-order valence-corrected chi connectivity index (χ2v) is 5.74. The zero-order valence-corrected chi connectivity index (χ0v) is 13.6. The molecule has 0 bridgehead atoms. The first-order valence-electron chi connectivity index (χ1n) is 7.58. The van der Waals surface area contributed by atoms with Gasteiger partial charge in [0.2, 0.25) is 0 Å². The van der Waals surface area contributed by atoms with Crippen molar-refractivity contribution in [2.45, 2.75) is 44.8 Å². The van der Waals surface area contributed by atoms with Crippen molar-refractivity contribution < 1.29 is 0 Å². The number of benzene rings is 1. The molecule has 1 saturated heterocycles. The highest BCUT2D eigenvalue weighted by molar-refractivity contribution is 5.85. The summed E-state index contributed by atoms with van der Waals surface area (Å²) in [5.41, 5.74) is 7.13. The Hall–Kier alpha value is -1.50. The third-order valence-corrected chi connectivity index (χ3v) is 4.15. The molecule has 2 unspecified atom stereocenters. The number of likely N-dealkylation sites (tertiary alicyclic amines) is 1. The molecule has 0 amide bonds. The fourth-order valence-corrected chi connectivity index (χ4v) is 3.06. The standard InChI is InChI=1S/C15H22N6.ClH/c1-12(16)14-9-5-6-10-20(14)11-15-17-18-19-21(15)13-7-3-2-4-8-13;/h2-4,7-8,12,14H,5-6,9-11,16H2,1H3;1H. The lowest BCUT2D eigenvalue weighted by atomic mass is 9.97. The van der Waals surface area contributed by atoms with Crippen LogP contribution in [0, 0.1) is 0 Å². The first kappa shape index (κ1) is 16.9. The highest BCUT2D eigenvalue weighted by Gasteiger charge is 2.27. The summed E-state index contributed by atoms with van der Waals surface area (Å²) in [6.07, 6.45) is 3.63. The van der Waals surface area contributed by atoms with Crippen LogP contribution in [0.5, 0.6) is 0 Å². The summed E-state index contributed by atoms with van der Waals surface area (Å²) in [7, 11) is 0. The number of hydrogen-bond acceptors (Lipinski definition) is 5. The number of nitrogens with two attached hydrogens (primary N) is 1. The molecule has 0 aliphatic carbocycles. The molecule has 2 heterocycles. The minimum atomic E-state index is 0. The van der Waals surface area contributed by atoms with Crippen LogP contribution in [-0.2, 0) is 6.54 Å². The van der Waals surface area contributed by atoms with E-state index >= 15 is 0 Å². The van der Waals surface area contributed by atoms with Gasteiger partial charge in [-0.1, -0.05) is 24.6 Å². The summed E-state index contributed by atoms with van der Waals surface area (Å²) >= 11 is 0. The maximum Gasteiger partial charge on any atom is 0.170 e. The van der Waals surface area contributed by atoms with Gasteiger partial charge in [0.15, 0.2) is 5.82 Å². The summed E-state index contributed by atoms with van der Waals surface area (Å²) in [4.78, 5) is 2.42. The van der Waals surface area contributed by atoms with E-state index in [9.17, 15) is 0 Å². The molecule has 0 radical (unpaired) electrons. The molecule has 1 aromatic carbocycles. The van der Waals surface area contributed by atoms with Gasteiger partial charge in [-0.3, -0.25) is 4.90 Å². The summed E-state index contributed by atoms with van der Waals surface area (Å²) in [5.74, 6) is 0.869. The first-order valence-corrected chi connectivity index (χ1v) is 7.58. The summed E-state index contributed by atoms with van der Waals surface area (Å²) in [6, 6.07) is 10.6. The number of rotatable bonds is 4. The third-order valence-electron chi connectivity index (χ3n) is 4.15. The number of para-hydroxylation sites is 1. The highest BCUT2D eigenvalue weighted by Crippen LogP contribution is 2.21. The predicted molar refractivity (Wildman–Crippen MR) is 88.1 cm³/mol. The van der Waals surface area contributed by atoms with E-state index in [-0.39, 0.29) is 18.4 Å². The lowest BCUT2D eigenvalue weighted by Crippen LogP contribution is -2.48.